The van der Waals surface area contributed by atoms with Gasteiger partial charge in [-0.3, -0.25) is 4.79 Å². The molecule has 1 amide bonds. The highest BCUT2D eigenvalue weighted by Gasteiger charge is 2.29. The standard InChI is InChI=1S/C18H24N2O3S/c21-18(14-16-6-4-5-7-16)19-10-12-20(13-11-19)24(22,23)15-17-8-2-1-3-9-17/h1-4,6,8-9,16H,5,7,10-15H2. The van der Waals surface area contributed by atoms with Crippen molar-refractivity contribution in [2.45, 2.75) is 25.0 Å². The van der Waals surface area contributed by atoms with Gasteiger partial charge in [0, 0.05) is 32.6 Å². The average Bonchev–Trinajstić information content (AvgIpc) is 3.08. The lowest BCUT2D eigenvalue weighted by molar-refractivity contribution is -0.133. The zero-order valence-corrected chi connectivity index (χ0v) is 14.6. The summed E-state index contributed by atoms with van der Waals surface area (Å²) in [7, 11) is -3.32. The van der Waals surface area contributed by atoms with Crippen molar-refractivity contribution < 1.29 is 13.2 Å². The van der Waals surface area contributed by atoms with Crippen LogP contribution in [0.2, 0.25) is 0 Å². The number of benzene rings is 1. The minimum Gasteiger partial charge on any atom is -0.340 e. The fourth-order valence-electron chi connectivity index (χ4n) is 3.31. The molecule has 1 aliphatic carbocycles. The Morgan fingerprint density at radius 3 is 2.42 bits per heavy atom. The lowest BCUT2D eigenvalue weighted by Crippen LogP contribution is -2.50. The van der Waals surface area contributed by atoms with Gasteiger partial charge in [0.15, 0.2) is 0 Å². The molecule has 1 aromatic rings. The summed E-state index contributed by atoms with van der Waals surface area (Å²) >= 11 is 0. The summed E-state index contributed by atoms with van der Waals surface area (Å²) in [6.07, 6.45) is 6.92. The van der Waals surface area contributed by atoms with Crippen LogP contribution in [-0.2, 0) is 20.6 Å². The van der Waals surface area contributed by atoms with Gasteiger partial charge in [-0.1, -0.05) is 42.5 Å². The highest BCUT2D eigenvalue weighted by molar-refractivity contribution is 7.88. The van der Waals surface area contributed by atoms with E-state index in [0.29, 0.717) is 38.5 Å². The predicted molar refractivity (Wildman–Crippen MR) is 93.7 cm³/mol. The smallest absolute Gasteiger partial charge is 0.223 e. The average molecular weight is 348 g/mol. The zero-order valence-electron chi connectivity index (χ0n) is 13.8. The van der Waals surface area contributed by atoms with Crippen molar-refractivity contribution in [1.29, 1.82) is 0 Å². The van der Waals surface area contributed by atoms with Crippen molar-refractivity contribution in [3.8, 4) is 0 Å². The highest BCUT2D eigenvalue weighted by Crippen LogP contribution is 2.22. The van der Waals surface area contributed by atoms with Gasteiger partial charge in [0.25, 0.3) is 0 Å². The van der Waals surface area contributed by atoms with Crippen LogP contribution in [0.25, 0.3) is 0 Å². The molecule has 0 radical (unpaired) electrons. The second-order valence-electron chi connectivity index (χ2n) is 6.49. The molecule has 2 aliphatic rings. The molecule has 0 aromatic heterocycles. The predicted octanol–water partition coefficient (Wildman–Crippen LogP) is 2.02. The lowest BCUT2D eigenvalue weighted by atomic mass is 10.0. The van der Waals surface area contributed by atoms with E-state index in [1.54, 1.807) is 4.90 Å². The lowest BCUT2D eigenvalue weighted by Gasteiger charge is -2.34. The topological polar surface area (TPSA) is 57.7 Å². The Hall–Kier alpha value is -1.66. The van der Waals surface area contributed by atoms with E-state index < -0.39 is 10.0 Å². The third kappa shape index (κ3) is 4.24. The summed E-state index contributed by atoms with van der Waals surface area (Å²) in [5, 5.41) is 0. The molecular weight excluding hydrogens is 324 g/mol. The SMILES string of the molecule is O=C(CC1C=CCC1)N1CCN(S(=O)(=O)Cc2ccccc2)CC1. The van der Waals surface area contributed by atoms with Crippen LogP contribution in [-0.4, -0.2) is 49.7 Å². The van der Waals surface area contributed by atoms with Crippen LogP contribution in [0.15, 0.2) is 42.5 Å². The summed E-state index contributed by atoms with van der Waals surface area (Å²) in [6.45, 7) is 1.76. The molecular formula is C18H24N2O3S. The number of hydrogen-bond acceptors (Lipinski definition) is 3. The van der Waals surface area contributed by atoms with Crippen LogP contribution < -0.4 is 0 Å². The second-order valence-corrected chi connectivity index (χ2v) is 8.46. The Labute approximate surface area is 144 Å². The Morgan fingerprint density at radius 1 is 1.08 bits per heavy atom. The van der Waals surface area contributed by atoms with Gasteiger partial charge in [-0.2, -0.15) is 4.31 Å². The fraction of sp³-hybridized carbons (Fsp3) is 0.500. The number of carbonyl (C=O) groups excluding carboxylic acids is 1. The number of amides is 1. The molecule has 1 fully saturated rings. The van der Waals surface area contributed by atoms with Crippen molar-refractivity contribution >= 4 is 15.9 Å². The van der Waals surface area contributed by atoms with Crippen molar-refractivity contribution in [2.75, 3.05) is 26.2 Å². The Bertz CT molecular complexity index is 692. The quantitative estimate of drug-likeness (QED) is 0.765. The van der Waals surface area contributed by atoms with Crippen molar-refractivity contribution in [1.82, 2.24) is 9.21 Å². The van der Waals surface area contributed by atoms with E-state index in [2.05, 4.69) is 12.2 Å². The van der Waals surface area contributed by atoms with Crippen molar-refractivity contribution in [3.05, 3.63) is 48.0 Å². The molecule has 130 valence electrons. The van der Waals surface area contributed by atoms with Crippen LogP contribution in [0, 0.1) is 5.92 Å². The monoisotopic (exact) mass is 348 g/mol. The van der Waals surface area contributed by atoms with E-state index in [9.17, 15) is 13.2 Å². The van der Waals surface area contributed by atoms with E-state index >= 15 is 0 Å². The van der Waals surface area contributed by atoms with Gasteiger partial charge < -0.3 is 4.90 Å². The molecule has 1 unspecified atom stereocenters. The number of hydrogen-bond donors (Lipinski definition) is 0. The summed E-state index contributed by atoms with van der Waals surface area (Å²) < 4.78 is 26.6. The summed E-state index contributed by atoms with van der Waals surface area (Å²) in [5.41, 5.74) is 0.795. The summed E-state index contributed by atoms with van der Waals surface area (Å²) in [6, 6.07) is 9.22. The molecule has 0 bridgehead atoms. The largest absolute Gasteiger partial charge is 0.340 e. The van der Waals surface area contributed by atoms with E-state index in [0.717, 1.165) is 18.4 Å². The van der Waals surface area contributed by atoms with Gasteiger partial charge in [-0.15, -0.1) is 0 Å². The Balaban J connectivity index is 1.52. The van der Waals surface area contributed by atoms with Gasteiger partial charge in [-0.05, 0) is 24.3 Å². The van der Waals surface area contributed by atoms with Gasteiger partial charge >= 0.3 is 0 Å². The number of allylic oxidation sites excluding steroid dienone is 2. The maximum Gasteiger partial charge on any atom is 0.223 e. The molecule has 1 aliphatic heterocycles. The van der Waals surface area contributed by atoms with Gasteiger partial charge in [0.1, 0.15) is 0 Å². The normalized spacial score (nSPS) is 22.0. The molecule has 1 heterocycles. The number of nitrogens with zero attached hydrogens (tertiary/aromatic N) is 2. The maximum atomic E-state index is 12.5. The molecule has 5 nitrogen and oxygen atoms in total. The molecule has 6 heteroatoms. The molecule has 3 rings (SSSR count). The van der Waals surface area contributed by atoms with E-state index in [4.69, 9.17) is 0 Å². The number of sulfonamides is 1. The first-order valence-corrected chi connectivity index (χ1v) is 10.1. The number of rotatable bonds is 5. The van der Waals surface area contributed by atoms with E-state index in [-0.39, 0.29) is 11.7 Å². The summed E-state index contributed by atoms with van der Waals surface area (Å²) in [4.78, 5) is 14.1. The molecule has 1 saturated heterocycles. The van der Waals surface area contributed by atoms with Gasteiger partial charge in [0.05, 0.1) is 5.75 Å². The minimum atomic E-state index is -3.32. The van der Waals surface area contributed by atoms with Crippen LogP contribution in [0.1, 0.15) is 24.8 Å². The zero-order chi connectivity index (χ0) is 17.0. The first kappa shape index (κ1) is 17.2. The van der Waals surface area contributed by atoms with Crippen molar-refractivity contribution in [2.24, 2.45) is 5.92 Å². The molecule has 1 aromatic carbocycles. The Morgan fingerprint density at radius 2 is 1.79 bits per heavy atom. The van der Waals surface area contributed by atoms with Crippen LogP contribution in [0.3, 0.4) is 0 Å². The number of piperazine rings is 1. The second kappa shape index (κ2) is 7.49. The minimum absolute atomic E-state index is 0.0225. The van der Waals surface area contributed by atoms with Gasteiger partial charge in [-0.25, -0.2) is 8.42 Å². The van der Waals surface area contributed by atoms with E-state index in [1.807, 2.05) is 30.3 Å². The van der Waals surface area contributed by atoms with Gasteiger partial charge in [0.2, 0.25) is 15.9 Å². The first-order valence-electron chi connectivity index (χ1n) is 8.51. The molecule has 0 spiro atoms. The third-order valence-corrected chi connectivity index (χ3v) is 6.58. The highest BCUT2D eigenvalue weighted by atomic mass is 32.2. The van der Waals surface area contributed by atoms with Crippen LogP contribution >= 0.6 is 0 Å². The van der Waals surface area contributed by atoms with Crippen LogP contribution in [0.4, 0.5) is 0 Å². The molecule has 0 N–H and O–H groups in total. The van der Waals surface area contributed by atoms with Crippen LogP contribution in [0.5, 0.6) is 0 Å². The molecule has 24 heavy (non-hydrogen) atoms. The molecule has 1 atom stereocenters. The molecule has 0 saturated carbocycles. The summed E-state index contributed by atoms with van der Waals surface area (Å²) in [5.74, 6) is 0.526. The van der Waals surface area contributed by atoms with Crippen molar-refractivity contribution in [3.63, 3.8) is 0 Å². The number of carbonyl (C=O) groups is 1. The first-order chi connectivity index (χ1) is 11.5. The van der Waals surface area contributed by atoms with E-state index in [1.165, 1.54) is 4.31 Å². The Kier molecular flexibility index (Phi) is 5.36. The maximum absolute atomic E-state index is 12.5. The third-order valence-electron chi connectivity index (χ3n) is 4.73. The fourth-order valence-corrected chi connectivity index (χ4v) is 4.83.